The maximum absolute atomic E-state index is 5.93. The molecule has 0 fully saturated rings. The van der Waals surface area contributed by atoms with E-state index in [0.717, 1.165) is 11.4 Å². The number of nitrogens with zero attached hydrogens (tertiary/aromatic N) is 1. The largest absolute Gasteiger partial charge is 0.493 e. The first-order valence-electron chi connectivity index (χ1n) is 8.48. The Labute approximate surface area is 155 Å². The summed E-state index contributed by atoms with van der Waals surface area (Å²) in [5.41, 5.74) is 2.02. The molecule has 2 aromatic rings. The van der Waals surface area contributed by atoms with Crippen LogP contribution in [0.3, 0.4) is 0 Å². The fourth-order valence-electron chi connectivity index (χ4n) is 2.43. The summed E-state index contributed by atoms with van der Waals surface area (Å²) in [4.78, 5) is 4.24. The Bertz CT molecular complexity index is 747. The predicted molar refractivity (Wildman–Crippen MR) is 106 cm³/mol. The molecular weight excluding hydrogens is 330 g/mol. The first-order chi connectivity index (χ1) is 12.5. The zero-order valence-corrected chi connectivity index (χ0v) is 16.0. The van der Waals surface area contributed by atoms with Gasteiger partial charge in [0.05, 0.1) is 20.8 Å². The second-order valence-electron chi connectivity index (χ2n) is 5.89. The summed E-state index contributed by atoms with van der Waals surface area (Å²) < 4.78 is 16.5. The number of anilines is 1. The quantitative estimate of drug-likeness (QED) is 0.587. The van der Waals surface area contributed by atoms with E-state index in [-0.39, 0.29) is 6.10 Å². The van der Waals surface area contributed by atoms with Crippen molar-refractivity contribution in [3.8, 4) is 17.2 Å². The lowest BCUT2D eigenvalue weighted by Crippen LogP contribution is -2.37. The number of aliphatic imine (C=N–C) groups is 1. The maximum Gasteiger partial charge on any atom is 0.195 e. The number of ether oxygens (including phenoxy) is 3. The Balaban J connectivity index is 1.91. The molecule has 0 heterocycles. The van der Waals surface area contributed by atoms with Crippen molar-refractivity contribution in [1.82, 2.24) is 5.32 Å². The van der Waals surface area contributed by atoms with Gasteiger partial charge in [-0.2, -0.15) is 0 Å². The van der Waals surface area contributed by atoms with E-state index in [0.29, 0.717) is 24.0 Å². The molecule has 1 atom stereocenters. The first kappa shape index (κ1) is 19.4. The molecule has 0 radical (unpaired) electrons. The van der Waals surface area contributed by atoms with Crippen LogP contribution in [-0.2, 0) is 0 Å². The lowest BCUT2D eigenvalue weighted by Gasteiger charge is -2.18. The molecule has 0 spiro atoms. The van der Waals surface area contributed by atoms with Gasteiger partial charge in [0.25, 0.3) is 0 Å². The van der Waals surface area contributed by atoms with Gasteiger partial charge in [-0.15, -0.1) is 0 Å². The molecule has 0 saturated carbocycles. The minimum absolute atomic E-state index is 0.0132. The molecular formula is C20H27N3O3. The second kappa shape index (κ2) is 9.56. The summed E-state index contributed by atoms with van der Waals surface area (Å²) in [5.74, 6) is 2.85. The molecule has 2 rings (SSSR count). The molecule has 0 bridgehead atoms. The highest BCUT2D eigenvalue weighted by Gasteiger charge is 2.08. The average Bonchev–Trinajstić information content (AvgIpc) is 2.64. The fourth-order valence-corrected chi connectivity index (χ4v) is 2.43. The number of methoxy groups -OCH3 is 2. The van der Waals surface area contributed by atoms with E-state index in [9.17, 15) is 0 Å². The zero-order valence-electron chi connectivity index (χ0n) is 16.0. The van der Waals surface area contributed by atoms with Crippen molar-refractivity contribution < 1.29 is 14.2 Å². The van der Waals surface area contributed by atoms with Gasteiger partial charge < -0.3 is 24.8 Å². The third kappa shape index (κ3) is 5.58. The number of hydrogen-bond donors (Lipinski definition) is 2. The van der Waals surface area contributed by atoms with Gasteiger partial charge in [0, 0.05) is 18.8 Å². The van der Waals surface area contributed by atoms with Crippen molar-refractivity contribution in [2.75, 3.05) is 33.1 Å². The molecule has 0 amide bonds. The fraction of sp³-hybridized carbons (Fsp3) is 0.350. The van der Waals surface area contributed by atoms with Crippen LogP contribution in [0.25, 0.3) is 0 Å². The van der Waals surface area contributed by atoms with E-state index < -0.39 is 0 Å². The second-order valence-corrected chi connectivity index (χ2v) is 5.89. The Morgan fingerprint density at radius 1 is 1.08 bits per heavy atom. The van der Waals surface area contributed by atoms with Crippen LogP contribution in [0.4, 0.5) is 5.69 Å². The van der Waals surface area contributed by atoms with Gasteiger partial charge >= 0.3 is 0 Å². The van der Waals surface area contributed by atoms with Crippen LogP contribution in [0.2, 0.25) is 0 Å². The standard InChI is InChI=1S/C20H27N3O3/c1-14-7-6-8-17(11-14)26-15(2)13-22-20(21-3)23-16-9-10-18(24-4)19(12-16)25-5/h6-12,15H,13H2,1-5H3,(H2,21,22,23). The number of aryl methyl sites for hydroxylation is 1. The van der Waals surface area contributed by atoms with E-state index in [1.165, 1.54) is 5.56 Å². The molecule has 140 valence electrons. The summed E-state index contributed by atoms with van der Waals surface area (Å²) in [7, 11) is 4.95. The minimum Gasteiger partial charge on any atom is -0.493 e. The Morgan fingerprint density at radius 2 is 1.85 bits per heavy atom. The van der Waals surface area contributed by atoms with Gasteiger partial charge in [0.1, 0.15) is 11.9 Å². The highest BCUT2D eigenvalue weighted by Crippen LogP contribution is 2.29. The lowest BCUT2D eigenvalue weighted by molar-refractivity contribution is 0.224. The molecule has 0 aliphatic rings. The van der Waals surface area contributed by atoms with Gasteiger partial charge in [-0.1, -0.05) is 12.1 Å². The van der Waals surface area contributed by atoms with Crippen LogP contribution in [0, 0.1) is 6.92 Å². The Hall–Kier alpha value is -2.89. The van der Waals surface area contributed by atoms with Crippen molar-refractivity contribution in [2.45, 2.75) is 20.0 Å². The number of benzene rings is 2. The van der Waals surface area contributed by atoms with Crippen molar-refractivity contribution in [1.29, 1.82) is 0 Å². The number of nitrogens with one attached hydrogen (secondary N) is 2. The van der Waals surface area contributed by atoms with Crippen molar-refractivity contribution in [2.24, 2.45) is 4.99 Å². The van der Waals surface area contributed by atoms with E-state index in [2.05, 4.69) is 15.6 Å². The molecule has 2 N–H and O–H groups in total. The third-order valence-electron chi connectivity index (χ3n) is 3.75. The Morgan fingerprint density at radius 3 is 2.50 bits per heavy atom. The first-order valence-corrected chi connectivity index (χ1v) is 8.48. The van der Waals surface area contributed by atoms with E-state index >= 15 is 0 Å². The van der Waals surface area contributed by atoms with Crippen LogP contribution in [0.5, 0.6) is 17.2 Å². The number of rotatable bonds is 7. The van der Waals surface area contributed by atoms with E-state index in [1.54, 1.807) is 21.3 Å². The molecule has 1 unspecified atom stereocenters. The number of hydrogen-bond acceptors (Lipinski definition) is 4. The summed E-state index contributed by atoms with van der Waals surface area (Å²) in [5, 5.41) is 6.49. The average molecular weight is 357 g/mol. The molecule has 0 aliphatic heterocycles. The van der Waals surface area contributed by atoms with Crippen LogP contribution in [-0.4, -0.2) is 39.9 Å². The molecule has 26 heavy (non-hydrogen) atoms. The third-order valence-corrected chi connectivity index (χ3v) is 3.75. The van der Waals surface area contributed by atoms with Crippen LogP contribution in [0.1, 0.15) is 12.5 Å². The molecule has 0 aliphatic carbocycles. The maximum atomic E-state index is 5.93. The van der Waals surface area contributed by atoms with E-state index in [1.807, 2.05) is 56.3 Å². The monoisotopic (exact) mass is 357 g/mol. The smallest absolute Gasteiger partial charge is 0.195 e. The topological polar surface area (TPSA) is 64.1 Å². The van der Waals surface area contributed by atoms with Gasteiger partial charge in [-0.05, 0) is 43.7 Å². The highest BCUT2D eigenvalue weighted by atomic mass is 16.5. The molecule has 0 saturated heterocycles. The number of guanidine groups is 1. The summed E-state index contributed by atoms with van der Waals surface area (Å²) in [6, 6.07) is 13.6. The Kier molecular flexibility index (Phi) is 7.14. The predicted octanol–water partition coefficient (Wildman–Crippen LogP) is 3.47. The van der Waals surface area contributed by atoms with E-state index in [4.69, 9.17) is 14.2 Å². The SMILES string of the molecule is CN=C(NCC(C)Oc1cccc(C)c1)Nc1ccc(OC)c(OC)c1. The molecule has 6 nitrogen and oxygen atoms in total. The van der Waals surface area contributed by atoms with Gasteiger partial charge in [-0.25, -0.2) is 0 Å². The van der Waals surface area contributed by atoms with Crippen molar-refractivity contribution in [3.05, 3.63) is 48.0 Å². The van der Waals surface area contributed by atoms with Gasteiger partial charge in [0.2, 0.25) is 0 Å². The summed E-state index contributed by atoms with van der Waals surface area (Å²) in [6.45, 7) is 4.67. The van der Waals surface area contributed by atoms with Gasteiger partial charge in [0.15, 0.2) is 17.5 Å². The summed E-state index contributed by atoms with van der Waals surface area (Å²) in [6.07, 6.45) is -0.0132. The van der Waals surface area contributed by atoms with Crippen LogP contribution >= 0.6 is 0 Å². The molecule has 6 heteroatoms. The molecule has 0 aromatic heterocycles. The van der Waals surface area contributed by atoms with Crippen LogP contribution < -0.4 is 24.8 Å². The highest BCUT2D eigenvalue weighted by molar-refractivity contribution is 5.93. The normalized spacial score (nSPS) is 12.3. The van der Waals surface area contributed by atoms with Gasteiger partial charge in [-0.3, -0.25) is 4.99 Å². The van der Waals surface area contributed by atoms with Crippen molar-refractivity contribution >= 4 is 11.6 Å². The lowest BCUT2D eigenvalue weighted by atomic mass is 10.2. The zero-order chi connectivity index (χ0) is 18.9. The van der Waals surface area contributed by atoms with Crippen molar-refractivity contribution in [3.63, 3.8) is 0 Å². The summed E-state index contributed by atoms with van der Waals surface area (Å²) >= 11 is 0. The van der Waals surface area contributed by atoms with Crippen LogP contribution in [0.15, 0.2) is 47.5 Å². The molecule has 2 aromatic carbocycles. The minimum atomic E-state index is -0.0132.